The van der Waals surface area contributed by atoms with Gasteiger partial charge in [0.2, 0.25) is 5.91 Å². The number of carbonyl (C=O) groups is 1. The van der Waals surface area contributed by atoms with Gasteiger partial charge in [-0.25, -0.2) is 0 Å². The zero-order valence-corrected chi connectivity index (χ0v) is 11.2. The Balaban J connectivity index is 2.47. The van der Waals surface area contributed by atoms with E-state index in [1.54, 1.807) is 19.0 Å². The number of hydrogen-bond donors (Lipinski definition) is 1. The van der Waals surface area contributed by atoms with Crippen LogP contribution < -0.4 is 5.32 Å². The summed E-state index contributed by atoms with van der Waals surface area (Å²) in [6, 6.07) is 6.36. The maximum absolute atomic E-state index is 11.4. The van der Waals surface area contributed by atoms with Crippen molar-refractivity contribution in [3.63, 3.8) is 0 Å². The molecule has 0 fully saturated rings. The maximum atomic E-state index is 11.4. The van der Waals surface area contributed by atoms with Gasteiger partial charge in [-0.15, -0.1) is 0 Å². The van der Waals surface area contributed by atoms with E-state index in [1.807, 2.05) is 0 Å². The molecule has 0 unspecified atom stereocenters. The lowest BCUT2D eigenvalue weighted by Gasteiger charge is -2.12. The summed E-state index contributed by atoms with van der Waals surface area (Å²) in [7, 11) is 3.56. The first-order valence-corrected chi connectivity index (χ1v) is 6.08. The summed E-state index contributed by atoms with van der Waals surface area (Å²) in [6.45, 7) is 4.96. The Morgan fingerprint density at radius 3 is 2.59 bits per heavy atom. The fraction of sp³-hybridized carbons (Fsp3) is 0.500. The van der Waals surface area contributed by atoms with Crippen LogP contribution in [0, 0.1) is 6.92 Å². The fourth-order valence-corrected chi connectivity index (χ4v) is 1.74. The Morgan fingerprint density at radius 1 is 1.35 bits per heavy atom. The van der Waals surface area contributed by atoms with Crippen molar-refractivity contribution in [3.8, 4) is 0 Å². The summed E-state index contributed by atoms with van der Waals surface area (Å²) in [4.78, 5) is 13.0. The molecule has 1 rings (SSSR count). The zero-order valence-electron chi connectivity index (χ0n) is 11.2. The highest BCUT2D eigenvalue weighted by molar-refractivity contribution is 5.76. The third-order valence-corrected chi connectivity index (χ3v) is 2.89. The lowest BCUT2D eigenvalue weighted by Crippen LogP contribution is -2.23. The predicted molar refractivity (Wildman–Crippen MR) is 72.4 cm³/mol. The van der Waals surface area contributed by atoms with Gasteiger partial charge < -0.3 is 10.2 Å². The summed E-state index contributed by atoms with van der Waals surface area (Å²) < 4.78 is 0. The first-order chi connectivity index (χ1) is 8.04. The van der Waals surface area contributed by atoms with Crippen molar-refractivity contribution in [2.24, 2.45) is 0 Å². The minimum Gasteiger partial charge on any atom is -0.385 e. The van der Waals surface area contributed by atoms with Crippen LogP contribution >= 0.6 is 0 Å². The number of nitrogens with zero attached hydrogens (tertiary/aromatic N) is 1. The van der Waals surface area contributed by atoms with Gasteiger partial charge in [0.15, 0.2) is 0 Å². The Morgan fingerprint density at radius 2 is 2.06 bits per heavy atom. The normalized spacial score (nSPS) is 10.1. The standard InChI is InChI=1S/C14H22N2O/c1-5-12-6-7-13(10-11(12)2)15-9-8-14(17)16(3)4/h6-7,10,15H,5,8-9H2,1-4H3. The first-order valence-electron chi connectivity index (χ1n) is 6.08. The van der Waals surface area contributed by atoms with Gasteiger partial charge in [-0.1, -0.05) is 13.0 Å². The number of aryl methyl sites for hydroxylation is 2. The van der Waals surface area contributed by atoms with E-state index >= 15 is 0 Å². The van der Waals surface area contributed by atoms with E-state index in [4.69, 9.17) is 0 Å². The highest BCUT2D eigenvalue weighted by atomic mass is 16.2. The highest BCUT2D eigenvalue weighted by Crippen LogP contribution is 2.15. The molecule has 0 saturated heterocycles. The lowest BCUT2D eigenvalue weighted by atomic mass is 10.1. The summed E-state index contributed by atoms with van der Waals surface area (Å²) >= 11 is 0. The van der Waals surface area contributed by atoms with E-state index in [1.165, 1.54) is 11.1 Å². The second-order valence-electron chi connectivity index (χ2n) is 4.46. The van der Waals surface area contributed by atoms with Crippen molar-refractivity contribution in [1.82, 2.24) is 4.90 Å². The largest absolute Gasteiger partial charge is 0.385 e. The topological polar surface area (TPSA) is 32.3 Å². The molecular weight excluding hydrogens is 212 g/mol. The Kier molecular flexibility index (Phi) is 5.01. The molecule has 0 aliphatic carbocycles. The van der Waals surface area contributed by atoms with Crippen LogP contribution in [0.5, 0.6) is 0 Å². The highest BCUT2D eigenvalue weighted by Gasteiger charge is 2.03. The molecule has 1 aromatic carbocycles. The van der Waals surface area contributed by atoms with Crippen LogP contribution in [0.25, 0.3) is 0 Å². The van der Waals surface area contributed by atoms with Gasteiger partial charge in [0, 0.05) is 32.7 Å². The van der Waals surface area contributed by atoms with E-state index in [0.29, 0.717) is 13.0 Å². The molecule has 0 atom stereocenters. The van der Waals surface area contributed by atoms with Gasteiger partial charge in [0.1, 0.15) is 0 Å². The quantitative estimate of drug-likeness (QED) is 0.848. The van der Waals surface area contributed by atoms with Crippen LogP contribution in [-0.2, 0) is 11.2 Å². The number of benzene rings is 1. The number of rotatable bonds is 5. The van der Waals surface area contributed by atoms with Crippen molar-refractivity contribution in [2.75, 3.05) is 26.0 Å². The van der Waals surface area contributed by atoms with Crippen LogP contribution in [0.3, 0.4) is 0 Å². The second-order valence-corrected chi connectivity index (χ2v) is 4.46. The molecule has 94 valence electrons. The van der Waals surface area contributed by atoms with Crippen molar-refractivity contribution >= 4 is 11.6 Å². The molecule has 1 N–H and O–H groups in total. The molecule has 1 aromatic rings. The molecule has 0 spiro atoms. The van der Waals surface area contributed by atoms with Crippen LogP contribution in [-0.4, -0.2) is 31.4 Å². The van der Waals surface area contributed by atoms with Gasteiger partial charge >= 0.3 is 0 Å². The maximum Gasteiger partial charge on any atom is 0.223 e. The molecule has 3 nitrogen and oxygen atoms in total. The van der Waals surface area contributed by atoms with Crippen LogP contribution in [0.15, 0.2) is 18.2 Å². The zero-order chi connectivity index (χ0) is 12.8. The molecule has 0 radical (unpaired) electrons. The Hall–Kier alpha value is -1.51. The van der Waals surface area contributed by atoms with E-state index in [0.717, 1.165) is 12.1 Å². The third kappa shape index (κ3) is 4.10. The van der Waals surface area contributed by atoms with Gasteiger partial charge in [-0.3, -0.25) is 4.79 Å². The lowest BCUT2D eigenvalue weighted by molar-refractivity contribution is -0.128. The summed E-state index contributed by atoms with van der Waals surface area (Å²) in [5, 5.41) is 3.28. The number of carbonyl (C=O) groups excluding carboxylic acids is 1. The molecular formula is C14H22N2O. The molecule has 0 aliphatic heterocycles. The van der Waals surface area contributed by atoms with Gasteiger partial charge in [0.25, 0.3) is 0 Å². The fourth-order valence-electron chi connectivity index (χ4n) is 1.74. The number of nitrogens with one attached hydrogen (secondary N) is 1. The third-order valence-electron chi connectivity index (χ3n) is 2.89. The van der Waals surface area contributed by atoms with Crippen LogP contribution in [0.1, 0.15) is 24.5 Å². The van der Waals surface area contributed by atoms with E-state index in [9.17, 15) is 4.79 Å². The number of amides is 1. The molecule has 17 heavy (non-hydrogen) atoms. The van der Waals surface area contributed by atoms with Crippen molar-refractivity contribution in [2.45, 2.75) is 26.7 Å². The predicted octanol–water partition coefficient (Wildman–Crippen LogP) is 2.45. The molecule has 0 saturated carbocycles. The smallest absolute Gasteiger partial charge is 0.223 e. The molecule has 0 aromatic heterocycles. The monoisotopic (exact) mass is 234 g/mol. The number of anilines is 1. The molecule has 0 aliphatic rings. The summed E-state index contributed by atoms with van der Waals surface area (Å²) in [5.74, 6) is 0.152. The van der Waals surface area contributed by atoms with Crippen LogP contribution in [0.4, 0.5) is 5.69 Å². The van der Waals surface area contributed by atoms with E-state index in [-0.39, 0.29) is 5.91 Å². The minimum atomic E-state index is 0.152. The Bertz CT molecular complexity index is 386. The summed E-state index contributed by atoms with van der Waals surface area (Å²) in [5.41, 5.74) is 3.77. The summed E-state index contributed by atoms with van der Waals surface area (Å²) in [6.07, 6.45) is 1.59. The molecule has 0 heterocycles. The Labute approximate surface area is 104 Å². The SMILES string of the molecule is CCc1ccc(NCCC(=O)N(C)C)cc1C. The van der Waals surface area contributed by atoms with Crippen molar-refractivity contribution in [1.29, 1.82) is 0 Å². The molecule has 0 bridgehead atoms. The van der Waals surface area contributed by atoms with Crippen LogP contribution in [0.2, 0.25) is 0 Å². The van der Waals surface area contributed by atoms with E-state index in [2.05, 4.69) is 37.4 Å². The van der Waals surface area contributed by atoms with Crippen molar-refractivity contribution in [3.05, 3.63) is 29.3 Å². The average Bonchev–Trinajstić information content (AvgIpc) is 2.29. The average molecular weight is 234 g/mol. The van der Waals surface area contributed by atoms with Crippen molar-refractivity contribution < 1.29 is 4.79 Å². The number of hydrogen-bond acceptors (Lipinski definition) is 2. The minimum absolute atomic E-state index is 0.152. The molecule has 1 amide bonds. The van der Waals surface area contributed by atoms with Gasteiger partial charge in [-0.05, 0) is 36.6 Å². The van der Waals surface area contributed by atoms with Gasteiger partial charge in [-0.2, -0.15) is 0 Å². The first kappa shape index (κ1) is 13.6. The second kappa shape index (κ2) is 6.28. The van der Waals surface area contributed by atoms with E-state index < -0.39 is 0 Å². The molecule has 3 heteroatoms. The van der Waals surface area contributed by atoms with Gasteiger partial charge in [0.05, 0.1) is 0 Å².